The van der Waals surface area contributed by atoms with Crippen molar-refractivity contribution in [3.8, 4) is 5.75 Å². The van der Waals surface area contributed by atoms with Crippen LogP contribution in [0, 0.1) is 0 Å². The van der Waals surface area contributed by atoms with Crippen LogP contribution in [0.5, 0.6) is 5.75 Å². The molecule has 0 aliphatic carbocycles. The first-order valence-electron chi connectivity index (χ1n) is 9.59. The molecular weight excluding hydrogens is 415 g/mol. The van der Waals surface area contributed by atoms with E-state index in [-0.39, 0.29) is 0 Å². The lowest BCUT2D eigenvalue weighted by molar-refractivity contribution is 0.307. The van der Waals surface area contributed by atoms with Crippen molar-refractivity contribution in [2.24, 2.45) is 5.10 Å². The summed E-state index contributed by atoms with van der Waals surface area (Å²) in [6.07, 6.45) is 1.74. The van der Waals surface area contributed by atoms with E-state index in [9.17, 15) is 0 Å². The van der Waals surface area contributed by atoms with Crippen molar-refractivity contribution in [3.05, 3.63) is 112 Å². The Labute approximate surface area is 185 Å². The highest BCUT2D eigenvalue weighted by Gasteiger charge is 2.06. The Kier molecular flexibility index (Phi) is 6.53. The van der Waals surface area contributed by atoms with Crippen LogP contribution in [0.15, 0.2) is 90.0 Å². The summed E-state index contributed by atoms with van der Waals surface area (Å²) in [7, 11) is 0. The van der Waals surface area contributed by atoms with Crippen molar-refractivity contribution in [1.29, 1.82) is 0 Å². The Morgan fingerprint density at radius 1 is 0.800 bits per heavy atom. The normalized spacial score (nSPS) is 11.1. The molecule has 4 aromatic rings. The lowest BCUT2D eigenvalue weighted by Gasteiger charge is -2.11. The minimum Gasteiger partial charge on any atom is -0.488 e. The standard InChI is InChI=1S/C25H20Cl2N2O/c26-23-12-6-13-24(27)22(23)16-29-28-15-19-8-2-4-14-25(19)30-17-20-10-5-9-18-7-1-3-11-21(18)20/h1-15,29H,16-17H2/b28-15-. The molecule has 0 saturated heterocycles. The molecule has 0 fully saturated rings. The van der Waals surface area contributed by atoms with Crippen molar-refractivity contribution in [2.45, 2.75) is 13.2 Å². The number of hydrogen-bond donors (Lipinski definition) is 1. The quantitative estimate of drug-likeness (QED) is 0.254. The van der Waals surface area contributed by atoms with Crippen LogP contribution >= 0.6 is 23.2 Å². The molecule has 0 bridgehead atoms. The molecule has 0 heterocycles. The Bertz CT molecular complexity index is 1170. The first-order chi connectivity index (χ1) is 14.7. The van der Waals surface area contributed by atoms with Gasteiger partial charge in [0, 0.05) is 21.2 Å². The molecule has 0 aliphatic heterocycles. The number of ether oxygens (including phenoxy) is 1. The summed E-state index contributed by atoms with van der Waals surface area (Å²) in [5.74, 6) is 0.770. The zero-order chi connectivity index (χ0) is 20.8. The Balaban J connectivity index is 1.44. The maximum atomic E-state index is 6.20. The third kappa shape index (κ3) is 4.76. The number of para-hydroxylation sites is 1. The third-order valence-electron chi connectivity index (χ3n) is 4.79. The van der Waals surface area contributed by atoms with Gasteiger partial charge < -0.3 is 10.2 Å². The van der Waals surface area contributed by atoms with Gasteiger partial charge in [0.1, 0.15) is 12.4 Å². The molecule has 5 heteroatoms. The van der Waals surface area contributed by atoms with E-state index in [1.54, 1.807) is 6.21 Å². The molecule has 150 valence electrons. The van der Waals surface area contributed by atoms with Crippen molar-refractivity contribution in [1.82, 2.24) is 5.43 Å². The number of fused-ring (bicyclic) bond motifs is 1. The highest BCUT2D eigenvalue weighted by molar-refractivity contribution is 6.35. The predicted molar refractivity (Wildman–Crippen MR) is 126 cm³/mol. The molecule has 0 spiro atoms. The molecule has 0 radical (unpaired) electrons. The van der Waals surface area contributed by atoms with Crippen molar-refractivity contribution >= 4 is 40.2 Å². The van der Waals surface area contributed by atoms with E-state index >= 15 is 0 Å². The van der Waals surface area contributed by atoms with Gasteiger partial charge in [-0.3, -0.25) is 0 Å². The molecule has 0 aliphatic rings. The van der Waals surface area contributed by atoms with Gasteiger partial charge in [0.15, 0.2) is 0 Å². The van der Waals surface area contributed by atoms with Crippen LogP contribution in [-0.4, -0.2) is 6.21 Å². The van der Waals surface area contributed by atoms with Gasteiger partial charge >= 0.3 is 0 Å². The minimum atomic E-state index is 0.439. The SMILES string of the molecule is Clc1cccc(Cl)c1CN/N=C\c1ccccc1OCc1cccc2ccccc12. The number of halogens is 2. The van der Waals surface area contributed by atoms with Crippen molar-refractivity contribution in [2.75, 3.05) is 0 Å². The van der Waals surface area contributed by atoms with E-state index in [1.165, 1.54) is 10.8 Å². The second kappa shape index (κ2) is 9.66. The summed E-state index contributed by atoms with van der Waals surface area (Å²) in [6.45, 7) is 0.920. The number of hydrogen-bond acceptors (Lipinski definition) is 3. The Hall–Kier alpha value is -3.01. The summed E-state index contributed by atoms with van der Waals surface area (Å²) in [5.41, 5.74) is 5.85. The molecule has 3 nitrogen and oxygen atoms in total. The van der Waals surface area contributed by atoms with E-state index in [2.05, 4.69) is 40.9 Å². The average molecular weight is 435 g/mol. The van der Waals surface area contributed by atoms with E-state index < -0.39 is 0 Å². The van der Waals surface area contributed by atoms with Crippen molar-refractivity contribution in [3.63, 3.8) is 0 Å². The molecule has 4 rings (SSSR count). The summed E-state index contributed by atoms with van der Waals surface area (Å²) in [4.78, 5) is 0. The fourth-order valence-corrected chi connectivity index (χ4v) is 3.76. The molecule has 0 atom stereocenters. The van der Waals surface area contributed by atoms with Gasteiger partial charge in [-0.1, -0.05) is 83.9 Å². The highest BCUT2D eigenvalue weighted by Crippen LogP contribution is 2.24. The van der Waals surface area contributed by atoms with Gasteiger partial charge in [-0.25, -0.2) is 0 Å². The van der Waals surface area contributed by atoms with Gasteiger partial charge in [0.05, 0.1) is 12.8 Å². The first-order valence-corrected chi connectivity index (χ1v) is 10.4. The van der Waals surface area contributed by atoms with Crippen LogP contribution in [0.2, 0.25) is 10.0 Å². The fourth-order valence-electron chi connectivity index (χ4n) is 3.23. The van der Waals surface area contributed by atoms with Crippen LogP contribution in [0.3, 0.4) is 0 Å². The maximum absolute atomic E-state index is 6.20. The molecule has 0 saturated carbocycles. The summed E-state index contributed by atoms with van der Waals surface area (Å²) < 4.78 is 6.12. The largest absolute Gasteiger partial charge is 0.488 e. The monoisotopic (exact) mass is 434 g/mol. The Morgan fingerprint density at radius 3 is 2.37 bits per heavy atom. The molecular formula is C25H20Cl2N2O. The molecule has 0 unspecified atom stereocenters. The minimum absolute atomic E-state index is 0.439. The number of hydrazone groups is 1. The third-order valence-corrected chi connectivity index (χ3v) is 5.50. The second-order valence-electron chi connectivity index (χ2n) is 6.76. The Morgan fingerprint density at radius 2 is 1.50 bits per heavy atom. The molecule has 0 aromatic heterocycles. The van der Waals surface area contributed by atoms with Crippen molar-refractivity contribution < 1.29 is 4.74 Å². The number of nitrogens with zero attached hydrogens (tertiary/aromatic N) is 1. The zero-order valence-corrected chi connectivity index (χ0v) is 17.7. The van der Waals surface area contributed by atoms with Crippen LogP contribution in [0.4, 0.5) is 0 Å². The number of benzene rings is 4. The van der Waals surface area contributed by atoms with Gasteiger partial charge in [0.2, 0.25) is 0 Å². The van der Waals surface area contributed by atoms with Crippen LogP contribution < -0.4 is 10.2 Å². The lowest BCUT2D eigenvalue weighted by atomic mass is 10.1. The second-order valence-corrected chi connectivity index (χ2v) is 7.57. The van der Waals surface area contributed by atoms with E-state index in [0.717, 1.165) is 22.4 Å². The molecule has 30 heavy (non-hydrogen) atoms. The number of nitrogens with one attached hydrogen (secondary N) is 1. The number of rotatable bonds is 7. The lowest BCUT2D eigenvalue weighted by Crippen LogP contribution is -2.07. The summed E-state index contributed by atoms with van der Waals surface area (Å²) in [6, 6.07) is 27.8. The maximum Gasteiger partial charge on any atom is 0.128 e. The highest BCUT2D eigenvalue weighted by atomic mass is 35.5. The topological polar surface area (TPSA) is 33.6 Å². The molecule has 4 aromatic carbocycles. The van der Waals surface area contributed by atoms with Gasteiger partial charge in [0.25, 0.3) is 0 Å². The van der Waals surface area contributed by atoms with Crippen LogP contribution in [0.1, 0.15) is 16.7 Å². The molecule has 1 N–H and O–H groups in total. The summed E-state index contributed by atoms with van der Waals surface area (Å²) >= 11 is 12.4. The van der Waals surface area contributed by atoms with E-state index in [0.29, 0.717) is 23.2 Å². The van der Waals surface area contributed by atoms with Crippen LogP contribution in [-0.2, 0) is 13.2 Å². The zero-order valence-electron chi connectivity index (χ0n) is 16.2. The van der Waals surface area contributed by atoms with E-state index in [1.807, 2.05) is 54.6 Å². The smallest absolute Gasteiger partial charge is 0.128 e. The summed E-state index contributed by atoms with van der Waals surface area (Å²) in [5, 5.41) is 7.95. The van der Waals surface area contributed by atoms with Gasteiger partial charge in [-0.15, -0.1) is 0 Å². The first kappa shape index (κ1) is 20.3. The predicted octanol–water partition coefficient (Wildman–Crippen LogP) is 6.85. The van der Waals surface area contributed by atoms with Gasteiger partial charge in [-0.05, 0) is 40.6 Å². The van der Waals surface area contributed by atoms with Crippen LogP contribution in [0.25, 0.3) is 10.8 Å². The fraction of sp³-hybridized carbons (Fsp3) is 0.0800. The van der Waals surface area contributed by atoms with Gasteiger partial charge in [-0.2, -0.15) is 5.10 Å². The average Bonchev–Trinajstić information content (AvgIpc) is 2.77. The molecule has 0 amide bonds. The van der Waals surface area contributed by atoms with E-state index in [4.69, 9.17) is 27.9 Å².